The number of ether oxygens (including phenoxy) is 1. The molecule has 1 aliphatic rings. The monoisotopic (exact) mass is 428 g/mol. The van der Waals surface area contributed by atoms with E-state index in [-0.39, 0.29) is 5.97 Å². The zero-order valence-electron chi connectivity index (χ0n) is 14.2. The molecule has 2 rings (SSSR count). The number of carbonyl (C=O) groups is 1. The highest BCUT2D eigenvalue weighted by molar-refractivity contribution is 14.1. The van der Waals surface area contributed by atoms with E-state index < -0.39 is 8.07 Å². The zero-order valence-corrected chi connectivity index (χ0v) is 17.4. The van der Waals surface area contributed by atoms with Crippen LogP contribution in [0.15, 0.2) is 27.5 Å². The fourth-order valence-corrected chi connectivity index (χ4v) is 16.3. The summed E-state index contributed by atoms with van der Waals surface area (Å²) >= 11 is 2.48. The first-order valence-corrected chi connectivity index (χ1v) is 11.3. The predicted octanol–water partition coefficient (Wildman–Crippen LogP) is 6.18. The summed E-state index contributed by atoms with van der Waals surface area (Å²) in [5.41, 5.74) is 3.46. The highest BCUT2D eigenvalue weighted by atomic mass is 127. The van der Waals surface area contributed by atoms with Crippen LogP contribution < -0.4 is 0 Å². The van der Waals surface area contributed by atoms with Crippen LogP contribution in [0.2, 0.25) is 16.6 Å². The van der Waals surface area contributed by atoms with Crippen LogP contribution in [0.3, 0.4) is 0 Å². The van der Waals surface area contributed by atoms with Crippen LogP contribution in [0, 0.1) is 0 Å². The quantitative estimate of drug-likeness (QED) is 0.325. The van der Waals surface area contributed by atoms with Gasteiger partial charge >= 0.3 is 5.97 Å². The smallest absolute Gasteiger partial charge is 0.344 e. The summed E-state index contributed by atoms with van der Waals surface area (Å²) in [5.74, 6) is 0.614. The molecule has 4 heteroatoms. The van der Waals surface area contributed by atoms with Crippen molar-refractivity contribution in [1.82, 2.24) is 0 Å². The Bertz CT molecular complexity index is 595. The molecule has 0 spiro atoms. The van der Waals surface area contributed by atoms with Crippen LogP contribution in [-0.4, -0.2) is 14.0 Å². The Hall–Kier alpha value is -0.623. The summed E-state index contributed by atoms with van der Waals surface area (Å²) in [6.07, 6.45) is 0. The van der Waals surface area contributed by atoms with Crippen LogP contribution in [0.25, 0.3) is 5.76 Å². The number of rotatable bonds is 4. The van der Waals surface area contributed by atoms with Crippen LogP contribution in [0.5, 0.6) is 0 Å². The van der Waals surface area contributed by atoms with Crippen molar-refractivity contribution in [3.63, 3.8) is 0 Å². The molecule has 0 atom stereocenters. The van der Waals surface area contributed by atoms with Crippen LogP contribution in [0.1, 0.15) is 57.5 Å². The van der Waals surface area contributed by atoms with Gasteiger partial charge in [0, 0.05) is 8.77 Å². The van der Waals surface area contributed by atoms with Gasteiger partial charge in [0.25, 0.3) is 0 Å². The van der Waals surface area contributed by atoms with Gasteiger partial charge in [0.2, 0.25) is 0 Å². The van der Waals surface area contributed by atoms with E-state index in [0.29, 0.717) is 22.2 Å². The van der Waals surface area contributed by atoms with Gasteiger partial charge in [0.05, 0.1) is 5.56 Å². The first-order chi connectivity index (χ1) is 10.2. The third kappa shape index (κ3) is 2.58. The van der Waals surface area contributed by atoms with Crippen molar-refractivity contribution in [3.8, 4) is 0 Å². The Morgan fingerprint density at radius 2 is 1.41 bits per heavy atom. The van der Waals surface area contributed by atoms with Crippen molar-refractivity contribution in [2.45, 2.75) is 58.2 Å². The molecule has 0 radical (unpaired) electrons. The molecule has 0 N–H and O–H groups in total. The number of hydrogen-bond acceptors (Lipinski definition) is 2. The third-order valence-electron chi connectivity index (χ3n) is 5.03. The van der Waals surface area contributed by atoms with E-state index >= 15 is 0 Å². The van der Waals surface area contributed by atoms with Gasteiger partial charge in [-0.2, -0.15) is 0 Å². The van der Waals surface area contributed by atoms with Crippen molar-refractivity contribution in [2.24, 2.45) is 0 Å². The van der Waals surface area contributed by atoms with Gasteiger partial charge in [-0.25, -0.2) is 4.79 Å². The van der Waals surface area contributed by atoms with Gasteiger partial charge in [0.15, 0.2) is 0 Å². The largest absolute Gasteiger partial charge is 0.422 e. The summed E-state index contributed by atoms with van der Waals surface area (Å²) in [5, 5.41) is 0. The summed E-state index contributed by atoms with van der Waals surface area (Å²) in [4.78, 5) is 12.2. The summed E-state index contributed by atoms with van der Waals surface area (Å²) in [6.45, 7) is 14.0. The van der Waals surface area contributed by atoms with E-state index in [1.807, 2.05) is 24.3 Å². The number of cyclic esters (lactones) is 1. The van der Waals surface area contributed by atoms with Crippen molar-refractivity contribution in [3.05, 3.63) is 38.6 Å². The molecule has 1 aromatic carbocycles. The molecule has 1 aliphatic heterocycles. The first-order valence-electron chi connectivity index (χ1n) is 7.96. The first kappa shape index (κ1) is 17.7. The van der Waals surface area contributed by atoms with E-state index in [1.54, 1.807) is 0 Å². The molecule has 0 fully saturated rings. The Morgan fingerprint density at radius 3 is 1.86 bits per heavy atom. The predicted molar refractivity (Wildman–Crippen MR) is 104 cm³/mol. The van der Waals surface area contributed by atoms with Gasteiger partial charge in [-0.3, -0.25) is 0 Å². The lowest BCUT2D eigenvalue weighted by Crippen LogP contribution is -2.45. The molecule has 1 aromatic rings. The lowest BCUT2D eigenvalue weighted by molar-refractivity contribution is 0.0716. The fraction of sp³-hybridized carbons (Fsp3) is 0.500. The van der Waals surface area contributed by atoms with Crippen molar-refractivity contribution < 1.29 is 9.53 Å². The maximum atomic E-state index is 12.2. The SMILES string of the molecule is CC(C)[Si](/C(I)=C1\OC(=O)c2ccccc21)(C(C)C)C(C)C. The molecule has 0 unspecified atom stereocenters. The van der Waals surface area contributed by atoms with E-state index in [0.717, 1.165) is 11.3 Å². The number of fused-ring (bicyclic) bond motifs is 1. The summed E-state index contributed by atoms with van der Waals surface area (Å²) < 4.78 is 7.03. The molecule has 0 amide bonds. The van der Waals surface area contributed by atoms with Gasteiger partial charge in [-0.1, -0.05) is 82.3 Å². The molecule has 0 bridgehead atoms. The number of esters is 1. The molecular weight excluding hydrogens is 403 g/mol. The molecular formula is C18H25IO2Si. The number of hydrogen-bond donors (Lipinski definition) is 0. The summed E-state index contributed by atoms with van der Waals surface area (Å²) in [6, 6.07) is 7.74. The molecule has 0 saturated heterocycles. The minimum absolute atomic E-state index is 0.209. The third-order valence-corrected chi connectivity index (χ3v) is 15.0. The fourth-order valence-electron chi connectivity index (χ4n) is 4.18. The standard InChI is InChI=1S/C18H25IO2Si/c1-11(2)22(12(3)4,13(5)6)17(19)16-14-9-7-8-10-15(14)18(20)21-16/h7-13H,1-6H3/b17-16-. The minimum Gasteiger partial charge on any atom is -0.422 e. The van der Waals surface area contributed by atoms with E-state index in [2.05, 4.69) is 64.1 Å². The maximum absolute atomic E-state index is 12.2. The Morgan fingerprint density at radius 1 is 0.955 bits per heavy atom. The lowest BCUT2D eigenvalue weighted by Gasteiger charge is -2.43. The van der Waals surface area contributed by atoms with Gasteiger partial charge in [0.1, 0.15) is 13.8 Å². The second kappa shape index (κ2) is 6.47. The maximum Gasteiger partial charge on any atom is 0.344 e. The van der Waals surface area contributed by atoms with E-state index in [9.17, 15) is 4.79 Å². The van der Waals surface area contributed by atoms with Crippen molar-refractivity contribution in [1.29, 1.82) is 0 Å². The molecule has 2 nitrogen and oxygen atoms in total. The van der Waals surface area contributed by atoms with Crippen LogP contribution in [-0.2, 0) is 4.74 Å². The summed E-state index contributed by atoms with van der Waals surface area (Å²) in [7, 11) is -1.81. The Kier molecular flexibility index (Phi) is 5.22. The Labute approximate surface area is 148 Å². The van der Waals surface area contributed by atoms with E-state index in [4.69, 9.17) is 4.74 Å². The average molecular weight is 428 g/mol. The second-order valence-corrected chi connectivity index (χ2v) is 14.9. The van der Waals surface area contributed by atoms with Crippen molar-refractivity contribution in [2.75, 3.05) is 0 Å². The molecule has 22 heavy (non-hydrogen) atoms. The normalized spacial score (nSPS) is 17.3. The lowest BCUT2D eigenvalue weighted by atomic mass is 10.1. The number of halogens is 1. The van der Waals surface area contributed by atoms with Crippen LogP contribution >= 0.6 is 22.6 Å². The molecule has 1 heterocycles. The van der Waals surface area contributed by atoms with Gasteiger partial charge in [-0.05, 0) is 22.7 Å². The van der Waals surface area contributed by atoms with Crippen LogP contribution in [0.4, 0.5) is 0 Å². The molecule has 0 saturated carbocycles. The second-order valence-electron chi connectivity index (χ2n) is 6.98. The zero-order chi connectivity index (χ0) is 16.7. The topological polar surface area (TPSA) is 26.3 Å². The van der Waals surface area contributed by atoms with Crippen molar-refractivity contribution >= 4 is 42.4 Å². The average Bonchev–Trinajstić information content (AvgIpc) is 2.76. The highest BCUT2D eigenvalue weighted by Gasteiger charge is 2.48. The molecule has 0 aliphatic carbocycles. The number of benzene rings is 1. The minimum atomic E-state index is -1.81. The Balaban J connectivity index is 2.71. The van der Waals surface area contributed by atoms with Gasteiger partial charge < -0.3 is 4.74 Å². The molecule has 0 aromatic heterocycles. The molecule has 120 valence electrons. The number of carbonyl (C=O) groups excluding carboxylic acids is 1. The van der Waals surface area contributed by atoms with E-state index in [1.165, 1.54) is 3.20 Å². The van der Waals surface area contributed by atoms with Gasteiger partial charge in [-0.15, -0.1) is 0 Å². The highest BCUT2D eigenvalue weighted by Crippen LogP contribution is 2.52.